The van der Waals surface area contributed by atoms with E-state index in [1.165, 1.54) is 19.2 Å². The van der Waals surface area contributed by atoms with Crippen LogP contribution in [-0.4, -0.2) is 45.7 Å². The molecule has 0 aromatic heterocycles. The minimum atomic E-state index is -3.89. The first-order valence-corrected chi connectivity index (χ1v) is 10.4. The average molecular weight is 418 g/mol. The quantitative estimate of drug-likeness (QED) is 0.752. The van der Waals surface area contributed by atoms with E-state index in [0.717, 1.165) is 4.31 Å². The topological polar surface area (TPSA) is 97.5 Å². The molecule has 0 saturated carbocycles. The van der Waals surface area contributed by atoms with Gasteiger partial charge in [0.05, 0.1) is 20.9 Å². The zero-order chi connectivity index (χ0) is 16.0. The number of sulfone groups is 1. The number of nitrogens with zero attached hydrogens (tertiary/aromatic N) is 1. The highest BCUT2D eigenvalue weighted by Gasteiger charge is 2.37. The largest absolute Gasteiger partial charge is 0.398 e. The Bertz CT molecular complexity index is 780. The second-order valence-electron chi connectivity index (χ2n) is 4.89. The van der Waals surface area contributed by atoms with Gasteiger partial charge in [-0.2, -0.15) is 4.31 Å². The van der Waals surface area contributed by atoms with E-state index in [1.54, 1.807) is 0 Å². The van der Waals surface area contributed by atoms with Gasteiger partial charge in [0.2, 0.25) is 10.0 Å². The smallest absolute Gasteiger partial charge is 0.244 e. The third kappa shape index (κ3) is 3.37. The number of anilines is 1. The summed E-state index contributed by atoms with van der Waals surface area (Å²) >= 11 is 9.00. The Morgan fingerprint density at radius 3 is 2.57 bits per heavy atom. The third-order valence-corrected chi connectivity index (χ3v) is 8.46. The average Bonchev–Trinajstić information content (AvgIpc) is 2.73. The lowest BCUT2D eigenvalue weighted by molar-refractivity contribution is 0.393. The van der Waals surface area contributed by atoms with E-state index in [2.05, 4.69) is 15.9 Å². The van der Waals surface area contributed by atoms with Gasteiger partial charge in [-0.05, 0) is 34.5 Å². The predicted molar refractivity (Wildman–Crippen MR) is 85.6 cm³/mol. The Balaban J connectivity index is 2.43. The Labute approximate surface area is 137 Å². The molecule has 0 spiro atoms. The maximum Gasteiger partial charge on any atom is 0.244 e. The molecule has 1 saturated heterocycles. The highest BCUT2D eigenvalue weighted by molar-refractivity contribution is 9.10. The highest BCUT2D eigenvalue weighted by Crippen LogP contribution is 2.34. The predicted octanol–water partition coefficient (Wildman–Crippen LogP) is 1.49. The SMILES string of the molecule is CN(C1CCS(=O)(=O)C1)S(=O)(=O)c1cc(Cl)cc(N)c1Br. The summed E-state index contributed by atoms with van der Waals surface area (Å²) in [5.41, 5.74) is 5.91. The Kier molecular flexibility index (Phi) is 4.61. The van der Waals surface area contributed by atoms with Gasteiger partial charge in [0.1, 0.15) is 0 Å². The lowest BCUT2D eigenvalue weighted by Gasteiger charge is -2.23. The van der Waals surface area contributed by atoms with E-state index in [4.69, 9.17) is 17.3 Å². The molecule has 1 fully saturated rings. The molecule has 1 unspecified atom stereocenters. The summed E-state index contributed by atoms with van der Waals surface area (Å²) in [6.45, 7) is 0. The van der Waals surface area contributed by atoms with Crippen LogP contribution >= 0.6 is 27.5 Å². The van der Waals surface area contributed by atoms with Crippen molar-refractivity contribution in [1.29, 1.82) is 0 Å². The maximum absolute atomic E-state index is 12.6. The number of nitrogen functional groups attached to an aromatic ring is 1. The first-order chi connectivity index (χ1) is 9.54. The molecule has 1 aromatic carbocycles. The molecular weight excluding hydrogens is 404 g/mol. The van der Waals surface area contributed by atoms with E-state index >= 15 is 0 Å². The van der Waals surface area contributed by atoms with Crippen molar-refractivity contribution in [3.8, 4) is 0 Å². The van der Waals surface area contributed by atoms with E-state index in [9.17, 15) is 16.8 Å². The maximum atomic E-state index is 12.6. The zero-order valence-corrected chi connectivity index (χ0v) is 15.1. The van der Waals surface area contributed by atoms with Crippen molar-refractivity contribution in [2.75, 3.05) is 24.3 Å². The van der Waals surface area contributed by atoms with Crippen LogP contribution in [0.4, 0.5) is 5.69 Å². The molecule has 1 aliphatic rings. The Morgan fingerprint density at radius 2 is 2.05 bits per heavy atom. The molecule has 1 aliphatic heterocycles. The van der Waals surface area contributed by atoms with Crippen molar-refractivity contribution in [1.82, 2.24) is 4.31 Å². The molecule has 2 N–H and O–H groups in total. The van der Waals surface area contributed by atoms with Crippen LogP contribution in [0.25, 0.3) is 0 Å². The summed E-state index contributed by atoms with van der Waals surface area (Å²) in [5.74, 6) is -0.174. The summed E-state index contributed by atoms with van der Waals surface area (Å²) in [6, 6.07) is 2.15. The Morgan fingerprint density at radius 1 is 1.43 bits per heavy atom. The number of halogens is 2. The molecule has 6 nitrogen and oxygen atoms in total. The molecule has 1 atom stereocenters. The number of rotatable bonds is 3. The van der Waals surface area contributed by atoms with E-state index in [0.29, 0.717) is 0 Å². The minimum Gasteiger partial charge on any atom is -0.398 e. The van der Waals surface area contributed by atoms with Crippen LogP contribution in [0, 0.1) is 0 Å². The first kappa shape index (κ1) is 17.0. The summed E-state index contributed by atoms with van der Waals surface area (Å²) in [5, 5.41) is 0.196. The van der Waals surface area contributed by atoms with Crippen molar-refractivity contribution < 1.29 is 16.8 Å². The van der Waals surface area contributed by atoms with E-state index in [1.807, 2.05) is 0 Å². The van der Waals surface area contributed by atoms with Crippen LogP contribution in [-0.2, 0) is 19.9 Å². The van der Waals surface area contributed by atoms with Crippen molar-refractivity contribution >= 4 is 53.1 Å². The second kappa shape index (κ2) is 5.69. The fourth-order valence-corrected chi connectivity index (χ4v) is 6.69. The highest BCUT2D eigenvalue weighted by atomic mass is 79.9. The number of hydrogen-bond acceptors (Lipinski definition) is 5. The zero-order valence-electron chi connectivity index (χ0n) is 11.1. The van der Waals surface area contributed by atoms with Crippen LogP contribution in [0.3, 0.4) is 0 Å². The van der Waals surface area contributed by atoms with Gasteiger partial charge in [-0.25, -0.2) is 16.8 Å². The molecule has 21 heavy (non-hydrogen) atoms. The van der Waals surface area contributed by atoms with Crippen LogP contribution in [0.5, 0.6) is 0 Å². The molecule has 0 amide bonds. The van der Waals surface area contributed by atoms with Gasteiger partial charge in [-0.3, -0.25) is 0 Å². The van der Waals surface area contributed by atoms with Crippen LogP contribution in [0.2, 0.25) is 5.02 Å². The van der Waals surface area contributed by atoms with Gasteiger partial charge in [-0.1, -0.05) is 11.6 Å². The molecule has 118 valence electrons. The molecular formula is C11H14BrClN2O4S2. The minimum absolute atomic E-state index is 0.00359. The van der Waals surface area contributed by atoms with Gasteiger partial charge < -0.3 is 5.73 Å². The Hall–Kier alpha value is -0.350. The van der Waals surface area contributed by atoms with Gasteiger partial charge >= 0.3 is 0 Å². The summed E-state index contributed by atoms with van der Waals surface area (Å²) in [7, 11) is -5.70. The summed E-state index contributed by atoms with van der Waals surface area (Å²) < 4.78 is 49.6. The lowest BCUT2D eigenvalue weighted by Crippen LogP contribution is -2.38. The van der Waals surface area contributed by atoms with Crippen molar-refractivity contribution in [2.45, 2.75) is 17.4 Å². The van der Waals surface area contributed by atoms with Crippen molar-refractivity contribution in [3.63, 3.8) is 0 Å². The van der Waals surface area contributed by atoms with Crippen LogP contribution < -0.4 is 5.73 Å². The summed E-state index contributed by atoms with van der Waals surface area (Å²) in [6.07, 6.45) is 0.283. The van der Waals surface area contributed by atoms with E-state index < -0.39 is 25.9 Å². The molecule has 0 radical (unpaired) electrons. The van der Waals surface area contributed by atoms with Crippen molar-refractivity contribution in [3.05, 3.63) is 21.6 Å². The van der Waals surface area contributed by atoms with Gasteiger partial charge in [0.15, 0.2) is 9.84 Å². The number of nitrogens with two attached hydrogens (primary N) is 1. The monoisotopic (exact) mass is 416 g/mol. The molecule has 1 heterocycles. The summed E-state index contributed by atoms with van der Waals surface area (Å²) in [4.78, 5) is -0.0701. The molecule has 1 aromatic rings. The van der Waals surface area contributed by atoms with Crippen LogP contribution in [0.15, 0.2) is 21.5 Å². The van der Waals surface area contributed by atoms with Crippen molar-refractivity contribution in [2.24, 2.45) is 0 Å². The fourth-order valence-electron chi connectivity index (χ4n) is 2.19. The number of benzene rings is 1. The second-order valence-corrected chi connectivity index (χ2v) is 10.3. The normalized spacial score (nSPS) is 21.8. The van der Waals surface area contributed by atoms with Gasteiger partial charge in [0.25, 0.3) is 0 Å². The third-order valence-electron chi connectivity index (χ3n) is 3.41. The van der Waals surface area contributed by atoms with E-state index in [-0.39, 0.29) is 38.0 Å². The lowest BCUT2D eigenvalue weighted by atomic mass is 10.3. The molecule has 10 heteroatoms. The first-order valence-electron chi connectivity index (χ1n) is 5.97. The van der Waals surface area contributed by atoms with Gasteiger partial charge in [-0.15, -0.1) is 0 Å². The molecule has 0 aliphatic carbocycles. The van der Waals surface area contributed by atoms with Gasteiger partial charge in [0, 0.05) is 23.8 Å². The standard InChI is InChI=1S/C11H14BrClN2O4S2/c1-15(8-2-3-20(16,17)6-8)21(18,19)10-5-7(13)4-9(14)11(10)12/h4-5,8H,2-3,6,14H2,1H3. The molecule has 0 bridgehead atoms. The number of sulfonamides is 1. The number of hydrogen-bond donors (Lipinski definition) is 1. The molecule has 2 rings (SSSR count). The fraction of sp³-hybridized carbons (Fsp3) is 0.455. The van der Waals surface area contributed by atoms with Crippen LogP contribution in [0.1, 0.15) is 6.42 Å².